The van der Waals surface area contributed by atoms with Crippen molar-refractivity contribution in [3.8, 4) is 11.5 Å². The fourth-order valence-electron chi connectivity index (χ4n) is 2.83. The smallest absolute Gasteiger partial charge is 0.241 e. The number of ether oxygens (including phenoxy) is 2. The first-order valence-electron chi connectivity index (χ1n) is 9.78. The first-order chi connectivity index (χ1) is 14.8. The molecule has 7 nitrogen and oxygen atoms in total. The molecule has 0 saturated carbocycles. The second kappa shape index (κ2) is 10.5. The van der Waals surface area contributed by atoms with Gasteiger partial charge in [0.05, 0.1) is 18.2 Å². The fourth-order valence-corrected chi connectivity index (χ4v) is 4.20. The maximum absolute atomic E-state index is 12.0. The van der Waals surface area contributed by atoms with Gasteiger partial charge in [-0.15, -0.1) is 5.10 Å². The maximum Gasteiger partial charge on any atom is 0.241 e. The highest BCUT2D eigenvalue weighted by Crippen LogP contribution is 2.40. The van der Waals surface area contributed by atoms with Crippen LogP contribution in [0.5, 0.6) is 11.5 Å². The highest BCUT2D eigenvalue weighted by Gasteiger charge is 2.32. The summed E-state index contributed by atoms with van der Waals surface area (Å²) in [7, 11) is 0. The number of aryl methyl sites for hydroxylation is 1. The number of hydrogen-bond acceptors (Lipinski definition) is 6. The monoisotopic (exact) mass is 461 g/mol. The van der Waals surface area contributed by atoms with E-state index in [4.69, 9.17) is 21.1 Å². The lowest BCUT2D eigenvalue weighted by Gasteiger charge is -2.20. The average molecular weight is 462 g/mol. The Bertz CT molecular complexity index is 981. The number of nitrogens with one attached hydrogen (secondary N) is 1. The molecule has 1 unspecified atom stereocenters. The zero-order valence-electron chi connectivity index (χ0n) is 17.6. The van der Waals surface area contributed by atoms with Crippen molar-refractivity contribution in [3.05, 3.63) is 58.6 Å². The summed E-state index contributed by atoms with van der Waals surface area (Å²) in [4.78, 5) is 23.3. The highest BCUT2D eigenvalue weighted by molar-refractivity contribution is 8.14. The lowest BCUT2D eigenvalue weighted by Crippen LogP contribution is -2.25. The van der Waals surface area contributed by atoms with E-state index in [1.807, 2.05) is 37.3 Å². The van der Waals surface area contributed by atoms with Crippen LogP contribution in [-0.4, -0.2) is 35.2 Å². The molecule has 1 aliphatic heterocycles. The molecule has 0 saturated heterocycles. The van der Waals surface area contributed by atoms with Gasteiger partial charge < -0.3 is 14.8 Å². The maximum atomic E-state index is 12.0. The van der Waals surface area contributed by atoms with Crippen molar-refractivity contribution in [2.45, 2.75) is 32.6 Å². The van der Waals surface area contributed by atoms with Gasteiger partial charge in [0.2, 0.25) is 11.8 Å². The minimum absolute atomic E-state index is 0.233. The molecule has 0 bridgehead atoms. The summed E-state index contributed by atoms with van der Waals surface area (Å²) in [5.74, 6) is 0.908. The van der Waals surface area contributed by atoms with Crippen LogP contribution in [0, 0.1) is 6.92 Å². The van der Waals surface area contributed by atoms with Gasteiger partial charge in [0.25, 0.3) is 0 Å². The number of amidine groups is 1. The number of rotatable bonds is 7. The van der Waals surface area contributed by atoms with Crippen molar-refractivity contribution in [2.75, 3.05) is 13.2 Å². The van der Waals surface area contributed by atoms with Crippen molar-refractivity contribution >= 4 is 40.3 Å². The van der Waals surface area contributed by atoms with Crippen molar-refractivity contribution in [2.24, 2.45) is 5.10 Å². The summed E-state index contributed by atoms with van der Waals surface area (Å²) in [5, 5.41) is 8.53. The first kappa shape index (κ1) is 23.0. The van der Waals surface area contributed by atoms with Gasteiger partial charge in [0.15, 0.2) is 5.17 Å². The third kappa shape index (κ3) is 6.38. The van der Waals surface area contributed by atoms with E-state index in [0.29, 0.717) is 35.6 Å². The van der Waals surface area contributed by atoms with Crippen LogP contribution in [0.25, 0.3) is 0 Å². The van der Waals surface area contributed by atoms with Crippen LogP contribution in [0.15, 0.2) is 47.6 Å². The Balaban J connectivity index is 1.54. The number of amides is 2. The van der Waals surface area contributed by atoms with Crippen LogP contribution in [0.2, 0.25) is 5.02 Å². The van der Waals surface area contributed by atoms with Crippen molar-refractivity contribution < 1.29 is 19.1 Å². The summed E-state index contributed by atoms with van der Waals surface area (Å²) in [6, 6.07) is 13.3. The van der Waals surface area contributed by atoms with Gasteiger partial charge in [-0.25, -0.2) is 5.01 Å². The van der Waals surface area contributed by atoms with Crippen LogP contribution in [-0.2, 0) is 9.59 Å². The van der Waals surface area contributed by atoms with E-state index in [9.17, 15) is 9.59 Å². The first-order valence-corrected chi connectivity index (χ1v) is 11.0. The predicted molar refractivity (Wildman–Crippen MR) is 122 cm³/mol. The molecule has 1 N–H and O–H groups in total. The van der Waals surface area contributed by atoms with Gasteiger partial charge in [0, 0.05) is 20.3 Å². The van der Waals surface area contributed by atoms with Crippen LogP contribution in [0.4, 0.5) is 0 Å². The molecule has 0 aromatic heterocycles. The van der Waals surface area contributed by atoms with Crippen molar-refractivity contribution in [1.29, 1.82) is 0 Å². The van der Waals surface area contributed by atoms with E-state index in [-0.39, 0.29) is 11.8 Å². The van der Waals surface area contributed by atoms with E-state index in [2.05, 4.69) is 10.4 Å². The zero-order chi connectivity index (χ0) is 22.4. The number of carbonyl (C=O) groups is 2. The molecule has 31 heavy (non-hydrogen) atoms. The number of hydrazone groups is 1. The molecule has 0 radical (unpaired) electrons. The van der Waals surface area contributed by atoms with Gasteiger partial charge in [-0.05, 0) is 36.8 Å². The number of benzene rings is 2. The second-order valence-corrected chi connectivity index (χ2v) is 8.45. The summed E-state index contributed by atoms with van der Waals surface area (Å²) >= 11 is 7.68. The Morgan fingerprint density at radius 1 is 1.13 bits per heavy atom. The number of hydrogen-bond donors (Lipinski definition) is 1. The largest absolute Gasteiger partial charge is 0.493 e. The van der Waals surface area contributed by atoms with Crippen molar-refractivity contribution in [3.63, 3.8) is 0 Å². The van der Waals surface area contributed by atoms with E-state index in [0.717, 1.165) is 11.3 Å². The summed E-state index contributed by atoms with van der Waals surface area (Å²) < 4.78 is 11.5. The van der Waals surface area contributed by atoms with Gasteiger partial charge >= 0.3 is 0 Å². The molecule has 2 amide bonds. The van der Waals surface area contributed by atoms with Gasteiger partial charge in [-0.1, -0.05) is 47.1 Å². The summed E-state index contributed by atoms with van der Waals surface area (Å²) in [6.07, 6.45) is 0.705. The Morgan fingerprint density at radius 3 is 2.48 bits per heavy atom. The summed E-state index contributed by atoms with van der Waals surface area (Å²) in [5.41, 5.74) is 1.97. The van der Waals surface area contributed by atoms with E-state index >= 15 is 0 Å². The lowest BCUT2D eigenvalue weighted by molar-refractivity contribution is -0.129. The SMILES string of the molecule is CC(=O)NC1=NN(C(C)=O)C(c2ccc(OCCCOc3ccc(C)cc3)c(Cl)c2)S1. The third-order valence-electron chi connectivity index (χ3n) is 4.33. The van der Waals surface area contributed by atoms with Crippen LogP contribution >= 0.6 is 23.4 Å². The topological polar surface area (TPSA) is 80.2 Å². The Kier molecular flexibility index (Phi) is 7.81. The predicted octanol–water partition coefficient (Wildman–Crippen LogP) is 4.50. The minimum atomic E-state index is -0.409. The molecule has 9 heteroatoms. The quantitative estimate of drug-likeness (QED) is 0.614. The minimum Gasteiger partial charge on any atom is -0.493 e. The molecular weight excluding hydrogens is 438 g/mol. The molecule has 1 heterocycles. The van der Waals surface area contributed by atoms with Crippen LogP contribution in [0.1, 0.15) is 36.8 Å². The van der Waals surface area contributed by atoms with Gasteiger partial charge in [-0.2, -0.15) is 0 Å². The van der Waals surface area contributed by atoms with Crippen molar-refractivity contribution in [1.82, 2.24) is 10.3 Å². The highest BCUT2D eigenvalue weighted by atomic mass is 35.5. The molecule has 1 atom stereocenters. The third-order valence-corrected chi connectivity index (χ3v) is 5.72. The molecule has 0 spiro atoms. The molecule has 0 aliphatic carbocycles. The number of nitrogens with zero attached hydrogens (tertiary/aromatic N) is 2. The van der Waals surface area contributed by atoms with Gasteiger partial charge in [-0.3, -0.25) is 9.59 Å². The average Bonchev–Trinajstić information content (AvgIpc) is 3.13. The summed E-state index contributed by atoms with van der Waals surface area (Å²) in [6.45, 7) is 5.84. The molecule has 2 aromatic carbocycles. The van der Waals surface area contributed by atoms with Crippen LogP contribution in [0.3, 0.4) is 0 Å². The van der Waals surface area contributed by atoms with E-state index in [1.165, 1.54) is 36.2 Å². The fraction of sp³-hybridized carbons (Fsp3) is 0.318. The second-order valence-electron chi connectivity index (χ2n) is 6.97. The molecule has 164 valence electrons. The van der Waals surface area contributed by atoms with E-state index in [1.54, 1.807) is 12.1 Å². The normalized spacial score (nSPS) is 15.4. The Labute approximate surface area is 190 Å². The molecule has 0 fully saturated rings. The number of halogens is 1. The Hall–Kier alpha value is -2.71. The zero-order valence-corrected chi connectivity index (χ0v) is 19.1. The molecular formula is C22H24ClN3O4S. The molecule has 1 aliphatic rings. The number of carbonyl (C=O) groups excluding carboxylic acids is 2. The molecule has 2 aromatic rings. The van der Waals surface area contributed by atoms with E-state index < -0.39 is 5.37 Å². The Morgan fingerprint density at radius 2 is 1.84 bits per heavy atom. The van der Waals surface area contributed by atoms with Crippen LogP contribution < -0.4 is 14.8 Å². The molecule has 3 rings (SSSR count). The lowest BCUT2D eigenvalue weighted by atomic mass is 10.2. The van der Waals surface area contributed by atoms with Gasteiger partial charge in [0.1, 0.15) is 16.9 Å². The standard InChI is InChI=1S/C22H24ClN3O4S/c1-14-5-8-18(9-6-14)29-11-4-12-30-20-10-7-17(13-19(20)23)21-26(16(3)28)25-22(31-21)24-15(2)27/h5-10,13,21H,4,11-12H2,1-3H3,(H,24,25,27). The number of thioether (sulfide) groups is 1.